The van der Waals surface area contributed by atoms with E-state index in [9.17, 15) is 14.4 Å². The van der Waals surface area contributed by atoms with Gasteiger partial charge in [0.05, 0.1) is 11.4 Å². The predicted molar refractivity (Wildman–Crippen MR) is 103 cm³/mol. The number of carbonyl (C=O) groups excluding carboxylic acids is 3. The molecule has 0 atom stereocenters. The van der Waals surface area contributed by atoms with Crippen LogP contribution in [0.15, 0.2) is 35.7 Å². The Bertz CT molecular complexity index is 752. The van der Waals surface area contributed by atoms with Crippen LogP contribution < -0.4 is 16.0 Å². The summed E-state index contributed by atoms with van der Waals surface area (Å²) in [4.78, 5) is 36.2. The van der Waals surface area contributed by atoms with Crippen molar-refractivity contribution >= 4 is 34.7 Å². The third kappa shape index (κ3) is 6.00. The van der Waals surface area contributed by atoms with Crippen LogP contribution in [0.5, 0.6) is 0 Å². The van der Waals surface area contributed by atoms with Gasteiger partial charge >= 0.3 is 0 Å². The summed E-state index contributed by atoms with van der Waals surface area (Å²) in [5.74, 6) is -0.609. The molecule has 2 rings (SSSR count). The van der Waals surface area contributed by atoms with E-state index in [1.54, 1.807) is 6.07 Å². The van der Waals surface area contributed by atoms with Gasteiger partial charge in [-0.25, -0.2) is 0 Å². The molecule has 1 aromatic heterocycles. The summed E-state index contributed by atoms with van der Waals surface area (Å²) in [6.45, 7) is 4.18. The van der Waals surface area contributed by atoms with E-state index in [1.807, 2.05) is 43.5 Å². The summed E-state index contributed by atoms with van der Waals surface area (Å²) in [7, 11) is 0. The van der Waals surface area contributed by atoms with Crippen LogP contribution in [0.1, 0.15) is 33.6 Å². The van der Waals surface area contributed by atoms with Crippen LogP contribution in [0, 0.1) is 13.8 Å². The minimum Gasteiger partial charge on any atom is -0.351 e. The number of hydrogen-bond donors (Lipinski definition) is 3. The van der Waals surface area contributed by atoms with Gasteiger partial charge in [0.1, 0.15) is 0 Å². The van der Waals surface area contributed by atoms with E-state index in [0.717, 1.165) is 16.8 Å². The van der Waals surface area contributed by atoms with E-state index in [4.69, 9.17) is 0 Å². The number of hydrogen-bond acceptors (Lipinski definition) is 4. The van der Waals surface area contributed by atoms with E-state index in [-0.39, 0.29) is 30.7 Å². The molecule has 0 spiro atoms. The lowest BCUT2D eigenvalue weighted by Gasteiger charge is -2.12. The molecule has 0 bridgehead atoms. The number of aryl methyl sites for hydroxylation is 2. The lowest BCUT2D eigenvalue weighted by molar-refractivity contribution is -0.124. The molecule has 0 radical (unpaired) electrons. The van der Waals surface area contributed by atoms with E-state index in [0.29, 0.717) is 17.8 Å². The van der Waals surface area contributed by atoms with Crippen LogP contribution in [-0.4, -0.2) is 30.8 Å². The molecule has 3 N–H and O–H groups in total. The number of amides is 3. The first-order valence-electron chi connectivity index (χ1n) is 8.42. The Hall–Kier alpha value is -2.67. The number of carbonyl (C=O) groups is 3. The van der Waals surface area contributed by atoms with Gasteiger partial charge in [-0.05, 0) is 42.8 Å². The van der Waals surface area contributed by atoms with E-state index in [2.05, 4.69) is 16.0 Å². The molecule has 0 aliphatic carbocycles. The Morgan fingerprint density at radius 2 is 1.69 bits per heavy atom. The van der Waals surface area contributed by atoms with Crippen molar-refractivity contribution in [2.24, 2.45) is 0 Å². The Kier molecular flexibility index (Phi) is 7.35. The van der Waals surface area contributed by atoms with Crippen molar-refractivity contribution in [3.8, 4) is 0 Å². The second-order valence-corrected chi connectivity index (χ2v) is 6.88. The molecule has 2 aromatic rings. The highest BCUT2D eigenvalue weighted by Crippen LogP contribution is 2.18. The second kappa shape index (κ2) is 9.72. The maximum absolute atomic E-state index is 12.0. The zero-order valence-corrected chi connectivity index (χ0v) is 15.7. The molecule has 1 aromatic carbocycles. The van der Waals surface area contributed by atoms with Crippen LogP contribution in [0.2, 0.25) is 0 Å². The summed E-state index contributed by atoms with van der Waals surface area (Å²) in [5.41, 5.74) is 2.74. The maximum Gasteiger partial charge on any atom is 0.261 e. The molecule has 0 unspecified atom stereocenters. The molecule has 26 heavy (non-hydrogen) atoms. The van der Waals surface area contributed by atoms with Crippen molar-refractivity contribution in [3.05, 3.63) is 51.7 Å². The number of rotatable bonds is 8. The van der Waals surface area contributed by atoms with Crippen LogP contribution >= 0.6 is 11.3 Å². The molecular weight excluding hydrogens is 350 g/mol. The lowest BCUT2D eigenvalue weighted by Crippen LogP contribution is -2.33. The molecule has 0 aliphatic rings. The molecule has 3 amide bonds. The Balaban J connectivity index is 1.64. The number of nitrogens with one attached hydrogen (secondary N) is 3. The topological polar surface area (TPSA) is 87.3 Å². The summed E-state index contributed by atoms with van der Waals surface area (Å²) in [5, 5.41) is 10.0. The van der Waals surface area contributed by atoms with Crippen molar-refractivity contribution in [2.45, 2.75) is 26.7 Å². The SMILES string of the molecule is Cc1cccc(C)c1NC(=O)CNC(=O)CCCNC(=O)c1cccs1. The van der Waals surface area contributed by atoms with Gasteiger partial charge in [0, 0.05) is 18.7 Å². The number of thiophene rings is 1. The smallest absolute Gasteiger partial charge is 0.261 e. The summed E-state index contributed by atoms with van der Waals surface area (Å²) in [6.07, 6.45) is 0.767. The van der Waals surface area contributed by atoms with Crippen molar-refractivity contribution < 1.29 is 14.4 Å². The van der Waals surface area contributed by atoms with Crippen molar-refractivity contribution in [1.82, 2.24) is 10.6 Å². The summed E-state index contributed by atoms with van der Waals surface area (Å²) < 4.78 is 0. The van der Waals surface area contributed by atoms with E-state index >= 15 is 0 Å². The van der Waals surface area contributed by atoms with Gasteiger partial charge in [-0.2, -0.15) is 0 Å². The average molecular weight is 373 g/mol. The molecule has 138 valence electrons. The fourth-order valence-corrected chi connectivity index (χ4v) is 3.05. The monoisotopic (exact) mass is 373 g/mol. The van der Waals surface area contributed by atoms with Crippen LogP contribution in [-0.2, 0) is 9.59 Å². The summed E-state index contributed by atoms with van der Waals surface area (Å²) in [6, 6.07) is 9.34. The first kappa shape index (κ1) is 19.7. The van der Waals surface area contributed by atoms with Gasteiger partial charge in [0.25, 0.3) is 5.91 Å². The first-order valence-corrected chi connectivity index (χ1v) is 9.30. The van der Waals surface area contributed by atoms with Gasteiger partial charge in [0.2, 0.25) is 11.8 Å². The number of benzene rings is 1. The van der Waals surface area contributed by atoms with Gasteiger partial charge in [-0.3, -0.25) is 14.4 Å². The standard InChI is InChI=1S/C19H23N3O3S/c1-13-6-3-7-14(2)18(13)22-17(24)12-21-16(23)9-4-10-20-19(25)15-8-5-11-26-15/h3,5-8,11H,4,9-10,12H2,1-2H3,(H,20,25)(H,21,23)(H,22,24). The van der Waals surface area contributed by atoms with Gasteiger partial charge < -0.3 is 16.0 Å². The molecular formula is C19H23N3O3S. The Morgan fingerprint density at radius 1 is 0.962 bits per heavy atom. The predicted octanol–water partition coefficient (Wildman–Crippen LogP) is 2.63. The normalized spacial score (nSPS) is 10.2. The van der Waals surface area contributed by atoms with Gasteiger partial charge in [-0.15, -0.1) is 11.3 Å². The number of para-hydroxylation sites is 1. The highest BCUT2D eigenvalue weighted by Gasteiger charge is 2.10. The fraction of sp³-hybridized carbons (Fsp3) is 0.316. The minimum absolute atomic E-state index is 0.0752. The van der Waals surface area contributed by atoms with Crippen molar-refractivity contribution in [3.63, 3.8) is 0 Å². The Labute approximate surface area is 157 Å². The zero-order valence-electron chi connectivity index (χ0n) is 14.9. The molecule has 0 fully saturated rings. The molecule has 7 heteroatoms. The van der Waals surface area contributed by atoms with Gasteiger partial charge in [-0.1, -0.05) is 24.3 Å². The van der Waals surface area contributed by atoms with Gasteiger partial charge in [0.15, 0.2) is 0 Å². The zero-order chi connectivity index (χ0) is 18.9. The lowest BCUT2D eigenvalue weighted by atomic mass is 10.1. The number of anilines is 1. The highest BCUT2D eigenvalue weighted by atomic mass is 32.1. The first-order chi connectivity index (χ1) is 12.5. The molecule has 0 saturated carbocycles. The minimum atomic E-state index is -0.262. The second-order valence-electron chi connectivity index (χ2n) is 5.93. The molecule has 0 saturated heterocycles. The largest absolute Gasteiger partial charge is 0.351 e. The quantitative estimate of drug-likeness (QED) is 0.622. The van der Waals surface area contributed by atoms with E-state index < -0.39 is 0 Å². The van der Waals surface area contributed by atoms with Crippen molar-refractivity contribution in [2.75, 3.05) is 18.4 Å². The van der Waals surface area contributed by atoms with Crippen LogP contribution in [0.3, 0.4) is 0 Å². The average Bonchev–Trinajstić information content (AvgIpc) is 3.15. The molecule has 0 aliphatic heterocycles. The summed E-state index contributed by atoms with van der Waals surface area (Å²) >= 11 is 1.37. The van der Waals surface area contributed by atoms with Crippen LogP contribution in [0.4, 0.5) is 5.69 Å². The third-order valence-corrected chi connectivity index (χ3v) is 4.67. The highest BCUT2D eigenvalue weighted by molar-refractivity contribution is 7.12. The van der Waals surface area contributed by atoms with E-state index in [1.165, 1.54) is 11.3 Å². The van der Waals surface area contributed by atoms with Crippen LogP contribution in [0.25, 0.3) is 0 Å². The molecule has 6 nitrogen and oxygen atoms in total. The third-order valence-electron chi connectivity index (χ3n) is 3.80. The maximum atomic E-state index is 12.0. The fourth-order valence-electron chi connectivity index (χ4n) is 2.41. The Morgan fingerprint density at radius 3 is 2.35 bits per heavy atom. The van der Waals surface area contributed by atoms with Crippen molar-refractivity contribution in [1.29, 1.82) is 0 Å². The molecule has 1 heterocycles.